The molecule has 1 amide bonds. The van der Waals surface area contributed by atoms with Crippen molar-refractivity contribution >= 4 is 28.8 Å². The van der Waals surface area contributed by atoms with E-state index in [1.807, 2.05) is 95.9 Å². The minimum atomic E-state index is -0.0753. The molecule has 0 radical (unpaired) electrons. The number of para-hydroxylation sites is 1. The van der Waals surface area contributed by atoms with Gasteiger partial charge in [0.2, 0.25) is 0 Å². The Balaban J connectivity index is 1.36. The maximum absolute atomic E-state index is 13.9. The lowest BCUT2D eigenvalue weighted by molar-refractivity contribution is 0.0738. The molecule has 0 aliphatic carbocycles. The predicted molar refractivity (Wildman–Crippen MR) is 150 cm³/mol. The summed E-state index contributed by atoms with van der Waals surface area (Å²) in [6, 6.07) is 29.2. The van der Waals surface area contributed by atoms with E-state index < -0.39 is 0 Å². The fraction of sp³-hybridized carbons (Fsp3) is 0.167. The van der Waals surface area contributed by atoms with Crippen molar-refractivity contribution in [1.82, 2.24) is 19.5 Å². The van der Waals surface area contributed by atoms with E-state index in [1.54, 1.807) is 11.6 Å². The van der Waals surface area contributed by atoms with E-state index in [4.69, 9.17) is 26.4 Å². The van der Waals surface area contributed by atoms with Crippen LogP contribution in [0.25, 0.3) is 28.2 Å². The number of aromatic nitrogens is 3. The quantitative estimate of drug-likeness (QED) is 0.296. The van der Waals surface area contributed by atoms with Crippen LogP contribution in [0.3, 0.4) is 0 Å². The van der Waals surface area contributed by atoms with Gasteiger partial charge in [0.25, 0.3) is 5.91 Å². The Kier molecular flexibility index (Phi) is 6.43. The average molecular weight is 524 g/mol. The van der Waals surface area contributed by atoms with Gasteiger partial charge in [-0.25, -0.2) is 9.50 Å². The van der Waals surface area contributed by atoms with Crippen LogP contribution in [0.15, 0.2) is 91.0 Å². The Hall–Kier alpha value is -4.36. The number of methoxy groups -OCH3 is 1. The van der Waals surface area contributed by atoms with Crippen molar-refractivity contribution in [3.05, 3.63) is 102 Å². The number of anilines is 1. The van der Waals surface area contributed by atoms with Gasteiger partial charge in [-0.1, -0.05) is 54.1 Å². The Labute approximate surface area is 225 Å². The number of fused-ring (bicyclic) bond motifs is 1. The molecule has 3 heterocycles. The number of nitrogens with zero attached hydrogens (tertiary/aromatic N) is 5. The molecule has 0 saturated carbocycles. The van der Waals surface area contributed by atoms with Gasteiger partial charge in [0.1, 0.15) is 11.4 Å². The molecule has 7 nitrogen and oxygen atoms in total. The van der Waals surface area contributed by atoms with Crippen molar-refractivity contribution in [2.24, 2.45) is 0 Å². The molecule has 1 saturated heterocycles. The van der Waals surface area contributed by atoms with Crippen LogP contribution in [-0.4, -0.2) is 58.7 Å². The van der Waals surface area contributed by atoms with Gasteiger partial charge in [-0.15, -0.1) is 0 Å². The van der Waals surface area contributed by atoms with Crippen molar-refractivity contribution in [1.29, 1.82) is 0 Å². The van der Waals surface area contributed by atoms with Crippen LogP contribution in [-0.2, 0) is 0 Å². The number of halogens is 1. The van der Waals surface area contributed by atoms with Gasteiger partial charge in [0.15, 0.2) is 5.65 Å². The van der Waals surface area contributed by atoms with E-state index in [-0.39, 0.29) is 5.91 Å². The molecular formula is C30H26ClN5O2. The number of carbonyl (C=O) groups excluding carboxylic acids is 1. The zero-order valence-corrected chi connectivity index (χ0v) is 21.7. The highest BCUT2D eigenvalue weighted by Crippen LogP contribution is 2.28. The smallest absolute Gasteiger partial charge is 0.272 e. The minimum Gasteiger partial charge on any atom is -0.497 e. The monoisotopic (exact) mass is 523 g/mol. The van der Waals surface area contributed by atoms with Crippen molar-refractivity contribution in [2.75, 3.05) is 38.2 Å². The SMILES string of the molecule is COc1ccc(-c2cc(C(=O)N3CCN(c4ccccc4Cl)CC3)n3nc(-c4ccccc4)cc3n2)cc1. The summed E-state index contributed by atoms with van der Waals surface area (Å²) in [5.74, 6) is 0.687. The van der Waals surface area contributed by atoms with E-state index in [2.05, 4.69) is 4.90 Å². The van der Waals surface area contributed by atoms with Crippen LogP contribution in [0.4, 0.5) is 5.69 Å². The van der Waals surface area contributed by atoms with E-state index in [9.17, 15) is 4.79 Å². The third kappa shape index (κ3) is 4.57. The first-order valence-electron chi connectivity index (χ1n) is 12.5. The van der Waals surface area contributed by atoms with E-state index in [0.29, 0.717) is 43.2 Å². The molecule has 190 valence electrons. The lowest BCUT2D eigenvalue weighted by Gasteiger charge is -2.36. The molecule has 0 atom stereocenters. The first-order valence-corrected chi connectivity index (χ1v) is 12.9. The lowest BCUT2D eigenvalue weighted by atomic mass is 10.1. The van der Waals surface area contributed by atoms with E-state index in [1.165, 1.54) is 0 Å². The van der Waals surface area contributed by atoms with Crippen molar-refractivity contribution in [2.45, 2.75) is 0 Å². The van der Waals surface area contributed by atoms with Crippen LogP contribution < -0.4 is 9.64 Å². The second-order valence-corrected chi connectivity index (χ2v) is 9.56. The van der Waals surface area contributed by atoms with Crippen molar-refractivity contribution < 1.29 is 9.53 Å². The maximum atomic E-state index is 13.9. The second-order valence-electron chi connectivity index (χ2n) is 9.15. The Morgan fingerprint density at radius 2 is 1.50 bits per heavy atom. The highest BCUT2D eigenvalue weighted by molar-refractivity contribution is 6.33. The van der Waals surface area contributed by atoms with Gasteiger partial charge in [0.05, 0.1) is 29.2 Å². The molecule has 0 bridgehead atoms. The minimum absolute atomic E-state index is 0.0753. The summed E-state index contributed by atoms with van der Waals surface area (Å²) in [5.41, 5.74) is 5.43. The Morgan fingerprint density at radius 1 is 0.816 bits per heavy atom. The second kappa shape index (κ2) is 10.2. The molecule has 3 aromatic carbocycles. The first kappa shape index (κ1) is 24.0. The molecule has 0 unspecified atom stereocenters. The van der Waals surface area contributed by atoms with E-state index in [0.717, 1.165) is 33.3 Å². The summed E-state index contributed by atoms with van der Waals surface area (Å²) in [5, 5.41) is 5.51. The zero-order valence-electron chi connectivity index (χ0n) is 20.9. The third-order valence-corrected chi connectivity index (χ3v) is 7.18. The number of hydrogen-bond donors (Lipinski definition) is 0. The Morgan fingerprint density at radius 3 is 2.21 bits per heavy atom. The summed E-state index contributed by atoms with van der Waals surface area (Å²) in [4.78, 5) is 22.9. The van der Waals surface area contributed by atoms with Crippen molar-refractivity contribution in [3.8, 4) is 28.3 Å². The molecule has 2 aromatic heterocycles. The van der Waals surface area contributed by atoms with Crippen LogP contribution in [0.1, 0.15) is 10.5 Å². The number of benzene rings is 3. The number of piperazine rings is 1. The summed E-state index contributed by atoms with van der Waals surface area (Å²) in [6.07, 6.45) is 0. The van der Waals surface area contributed by atoms with Gasteiger partial charge >= 0.3 is 0 Å². The lowest BCUT2D eigenvalue weighted by Crippen LogP contribution is -2.49. The molecule has 5 aromatic rings. The molecule has 1 aliphatic heterocycles. The van der Waals surface area contributed by atoms with Crippen molar-refractivity contribution in [3.63, 3.8) is 0 Å². The van der Waals surface area contributed by atoms with Gasteiger partial charge in [-0.3, -0.25) is 4.79 Å². The van der Waals surface area contributed by atoms with E-state index >= 15 is 0 Å². The molecule has 1 fully saturated rings. The normalized spacial score (nSPS) is 13.6. The van der Waals surface area contributed by atoms with Gasteiger partial charge in [-0.05, 0) is 42.5 Å². The molecule has 38 heavy (non-hydrogen) atoms. The third-order valence-electron chi connectivity index (χ3n) is 6.86. The maximum Gasteiger partial charge on any atom is 0.272 e. The van der Waals surface area contributed by atoms with Crippen LogP contribution in [0.2, 0.25) is 5.02 Å². The summed E-state index contributed by atoms with van der Waals surface area (Å²) >= 11 is 6.42. The Bertz CT molecular complexity index is 1590. The molecule has 0 N–H and O–H groups in total. The van der Waals surface area contributed by atoms with Crippen LogP contribution in [0.5, 0.6) is 5.75 Å². The molecular weight excluding hydrogens is 498 g/mol. The number of ether oxygens (including phenoxy) is 1. The highest BCUT2D eigenvalue weighted by Gasteiger charge is 2.26. The number of rotatable bonds is 5. The highest BCUT2D eigenvalue weighted by atomic mass is 35.5. The van der Waals surface area contributed by atoms with Crippen LogP contribution >= 0.6 is 11.6 Å². The predicted octanol–water partition coefficient (Wildman–Crippen LogP) is 5.69. The average Bonchev–Trinajstić information content (AvgIpc) is 3.42. The summed E-state index contributed by atoms with van der Waals surface area (Å²) in [7, 11) is 1.64. The van der Waals surface area contributed by atoms with Gasteiger partial charge < -0.3 is 14.5 Å². The van der Waals surface area contributed by atoms with Crippen LogP contribution in [0, 0.1) is 0 Å². The molecule has 8 heteroatoms. The standard InChI is InChI=1S/C30H26ClN5O2/c1-38-23-13-11-22(12-14-23)25-19-28(36-29(32-25)20-26(33-36)21-7-3-2-4-8-21)30(37)35-17-15-34(16-18-35)27-10-6-5-9-24(27)31/h2-14,19-20H,15-18H2,1H3. The summed E-state index contributed by atoms with van der Waals surface area (Å²) in [6.45, 7) is 2.56. The topological polar surface area (TPSA) is 63.0 Å². The largest absolute Gasteiger partial charge is 0.497 e. The number of carbonyl (C=O) groups is 1. The first-order chi connectivity index (χ1) is 18.6. The fourth-order valence-corrected chi connectivity index (χ4v) is 5.06. The molecule has 6 rings (SSSR count). The fourth-order valence-electron chi connectivity index (χ4n) is 4.81. The van der Waals surface area contributed by atoms with Gasteiger partial charge in [0, 0.05) is 43.4 Å². The number of amides is 1. The number of hydrogen-bond acceptors (Lipinski definition) is 5. The molecule has 1 aliphatic rings. The zero-order chi connectivity index (χ0) is 26.1. The molecule has 0 spiro atoms. The summed E-state index contributed by atoms with van der Waals surface area (Å²) < 4.78 is 6.97. The van der Waals surface area contributed by atoms with Gasteiger partial charge in [-0.2, -0.15) is 5.10 Å².